The number of carboxylic acid groups (broad SMARTS) is 1. The van der Waals surface area contributed by atoms with Crippen molar-refractivity contribution in [2.75, 3.05) is 12.8 Å². The molecule has 0 aliphatic heterocycles. The summed E-state index contributed by atoms with van der Waals surface area (Å²) in [6.07, 6.45) is 2.65. The number of carboxylic acids is 1. The molecule has 7 heteroatoms. The number of rotatable bonds is 5. The number of carbonyl (C=O) groups excluding carboxylic acids is 1. The van der Waals surface area contributed by atoms with Crippen molar-refractivity contribution < 1.29 is 23.1 Å². The van der Waals surface area contributed by atoms with E-state index in [0.29, 0.717) is 11.1 Å². The smallest absolute Gasteiger partial charge is 0.323 e. The third-order valence-electron chi connectivity index (χ3n) is 3.85. The Kier molecular flexibility index (Phi) is 4.28. The number of aliphatic carboxylic acids is 1. The number of hydrogen-bond donors (Lipinski definition) is 1. The number of aryl methyl sites for hydroxylation is 1. The van der Waals surface area contributed by atoms with Crippen LogP contribution in [0.1, 0.15) is 34.3 Å². The van der Waals surface area contributed by atoms with Crippen LogP contribution in [0.2, 0.25) is 0 Å². The van der Waals surface area contributed by atoms with E-state index in [9.17, 15) is 18.0 Å². The van der Waals surface area contributed by atoms with Gasteiger partial charge in [-0.2, -0.15) is 0 Å². The highest BCUT2D eigenvalue weighted by Gasteiger charge is 2.35. The third kappa shape index (κ3) is 3.47. The molecule has 1 aromatic carbocycles. The van der Waals surface area contributed by atoms with Gasteiger partial charge in [0, 0.05) is 17.9 Å². The lowest BCUT2D eigenvalue weighted by Crippen LogP contribution is -2.38. The molecular weight excluding hydrogens is 306 g/mol. The third-order valence-corrected chi connectivity index (χ3v) is 4.95. The monoisotopic (exact) mass is 325 g/mol. The number of carbonyl (C=O) groups is 2. The highest BCUT2D eigenvalue weighted by atomic mass is 32.2. The van der Waals surface area contributed by atoms with Gasteiger partial charge in [-0.05, 0) is 49.9 Å². The Hall–Kier alpha value is -1.89. The van der Waals surface area contributed by atoms with Gasteiger partial charge in [0.1, 0.15) is 6.54 Å². The molecule has 1 aliphatic carbocycles. The fourth-order valence-corrected chi connectivity index (χ4v) is 3.04. The zero-order valence-electron chi connectivity index (χ0n) is 12.8. The van der Waals surface area contributed by atoms with Crippen molar-refractivity contribution in [3.8, 4) is 0 Å². The Labute approximate surface area is 129 Å². The van der Waals surface area contributed by atoms with E-state index in [1.54, 1.807) is 13.8 Å². The van der Waals surface area contributed by atoms with Crippen LogP contribution in [0, 0.1) is 13.8 Å². The molecule has 0 radical (unpaired) electrons. The molecule has 120 valence electrons. The van der Waals surface area contributed by atoms with Crippen molar-refractivity contribution in [3.05, 3.63) is 28.8 Å². The average Bonchev–Trinajstić information content (AvgIpc) is 3.21. The number of amides is 1. The van der Waals surface area contributed by atoms with E-state index in [-0.39, 0.29) is 23.0 Å². The first kappa shape index (κ1) is 16.5. The Morgan fingerprint density at radius 2 is 1.86 bits per heavy atom. The first-order valence-corrected chi connectivity index (χ1v) is 8.84. The second kappa shape index (κ2) is 5.72. The fraction of sp³-hybridized carbons (Fsp3) is 0.467. The molecule has 0 spiro atoms. The summed E-state index contributed by atoms with van der Waals surface area (Å²) in [4.78, 5) is 25.0. The van der Waals surface area contributed by atoms with E-state index in [4.69, 9.17) is 5.11 Å². The molecule has 1 N–H and O–H groups in total. The molecular formula is C15H19NO5S. The quantitative estimate of drug-likeness (QED) is 0.883. The second-order valence-corrected chi connectivity index (χ2v) is 7.76. The lowest BCUT2D eigenvalue weighted by Gasteiger charge is -2.22. The predicted molar refractivity (Wildman–Crippen MR) is 80.7 cm³/mol. The van der Waals surface area contributed by atoms with Crippen LogP contribution in [0.25, 0.3) is 0 Å². The molecule has 0 heterocycles. The Balaban J connectivity index is 2.48. The van der Waals surface area contributed by atoms with E-state index in [0.717, 1.165) is 19.1 Å². The fourth-order valence-electron chi connectivity index (χ4n) is 2.32. The maximum absolute atomic E-state index is 12.7. The standard InChI is InChI=1S/C15H19NO5S/c1-9-6-12(22(3,20)21)7-13(10(9)2)15(19)16(8-14(17)18)11-4-5-11/h6-7,11H,4-5,8H2,1-3H3,(H,17,18). The van der Waals surface area contributed by atoms with E-state index >= 15 is 0 Å². The Morgan fingerprint density at radius 1 is 1.27 bits per heavy atom. The number of nitrogens with zero attached hydrogens (tertiary/aromatic N) is 1. The minimum absolute atomic E-state index is 0.0646. The van der Waals surface area contributed by atoms with Crippen molar-refractivity contribution in [3.63, 3.8) is 0 Å². The molecule has 2 rings (SSSR count). The maximum Gasteiger partial charge on any atom is 0.323 e. The maximum atomic E-state index is 12.7. The Morgan fingerprint density at radius 3 is 2.32 bits per heavy atom. The van der Waals surface area contributed by atoms with Gasteiger partial charge in [0.05, 0.1) is 4.90 Å². The topological polar surface area (TPSA) is 91.8 Å². The summed E-state index contributed by atoms with van der Waals surface area (Å²) >= 11 is 0. The predicted octanol–water partition coefficient (Wildman–Crippen LogP) is 1.40. The summed E-state index contributed by atoms with van der Waals surface area (Å²) in [6, 6.07) is 2.81. The summed E-state index contributed by atoms with van der Waals surface area (Å²) in [7, 11) is -3.44. The highest BCUT2D eigenvalue weighted by Crippen LogP contribution is 2.30. The summed E-state index contributed by atoms with van der Waals surface area (Å²) in [6.45, 7) is 3.10. The van der Waals surface area contributed by atoms with Crippen LogP contribution < -0.4 is 0 Å². The lowest BCUT2D eigenvalue weighted by molar-refractivity contribution is -0.137. The van der Waals surface area contributed by atoms with Gasteiger partial charge in [0.15, 0.2) is 9.84 Å². The van der Waals surface area contributed by atoms with Gasteiger partial charge in [-0.25, -0.2) is 8.42 Å². The van der Waals surface area contributed by atoms with Crippen molar-refractivity contribution in [1.82, 2.24) is 4.90 Å². The van der Waals surface area contributed by atoms with Crippen molar-refractivity contribution in [2.45, 2.75) is 37.6 Å². The molecule has 1 fully saturated rings. The molecule has 0 bridgehead atoms. The second-order valence-electron chi connectivity index (χ2n) is 5.74. The summed E-state index contributed by atoms with van der Waals surface area (Å²) in [5.74, 6) is -1.50. The van der Waals surface area contributed by atoms with Gasteiger partial charge in [-0.15, -0.1) is 0 Å². The van der Waals surface area contributed by atoms with Gasteiger partial charge in [-0.1, -0.05) is 0 Å². The minimum Gasteiger partial charge on any atom is -0.480 e. The van der Waals surface area contributed by atoms with Crippen molar-refractivity contribution in [1.29, 1.82) is 0 Å². The first-order valence-electron chi connectivity index (χ1n) is 6.95. The van der Waals surface area contributed by atoms with E-state index in [1.807, 2.05) is 0 Å². The Bertz CT molecular complexity index is 735. The molecule has 0 unspecified atom stereocenters. The molecule has 6 nitrogen and oxygen atoms in total. The van der Waals surface area contributed by atoms with Gasteiger partial charge < -0.3 is 10.0 Å². The van der Waals surface area contributed by atoms with Crippen molar-refractivity contribution in [2.24, 2.45) is 0 Å². The largest absolute Gasteiger partial charge is 0.480 e. The van der Waals surface area contributed by atoms with Crippen LogP contribution in [0.4, 0.5) is 0 Å². The molecule has 0 aromatic heterocycles. The van der Waals surface area contributed by atoms with E-state index in [1.165, 1.54) is 17.0 Å². The van der Waals surface area contributed by atoms with E-state index < -0.39 is 21.7 Å². The summed E-state index contributed by atoms with van der Waals surface area (Å²) < 4.78 is 23.5. The van der Waals surface area contributed by atoms with Gasteiger partial charge >= 0.3 is 5.97 Å². The molecule has 1 saturated carbocycles. The number of hydrogen-bond acceptors (Lipinski definition) is 4. The first-order chi connectivity index (χ1) is 10.1. The zero-order chi connectivity index (χ0) is 16.7. The zero-order valence-corrected chi connectivity index (χ0v) is 13.6. The van der Waals surface area contributed by atoms with Gasteiger partial charge in [0.2, 0.25) is 0 Å². The van der Waals surface area contributed by atoms with E-state index in [2.05, 4.69) is 0 Å². The highest BCUT2D eigenvalue weighted by molar-refractivity contribution is 7.90. The van der Waals surface area contributed by atoms with Crippen molar-refractivity contribution >= 4 is 21.7 Å². The van der Waals surface area contributed by atoms with Crippen LogP contribution in [0.15, 0.2) is 17.0 Å². The molecule has 22 heavy (non-hydrogen) atoms. The summed E-state index contributed by atoms with van der Waals surface area (Å²) in [5.41, 5.74) is 1.62. The molecule has 0 atom stereocenters. The average molecular weight is 325 g/mol. The number of benzene rings is 1. The molecule has 1 aliphatic rings. The SMILES string of the molecule is Cc1cc(S(C)(=O)=O)cc(C(=O)N(CC(=O)O)C2CC2)c1C. The summed E-state index contributed by atoms with van der Waals surface area (Å²) in [5, 5.41) is 8.97. The van der Waals surface area contributed by atoms with Crippen LogP contribution in [-0.4, -0.2) is 49.1 Å². The van der Waals surface area contributed by atoms with Gasteiger partial charge in [0.25, 0.3) is 5.91 Å². The van der Waals surface area contributed by atoms with Crippen LogP contribution in [-0.2, 0) is 14.6 Å². The minimum atomic E-state index is -3.44. The number of sulfone groups is 1. The lowest BCUT2D eigenvalue weighted by atomic mass is 10.0. The van der Waals surface area contributed by atoms with Crippen LogP contribution >= 0.6 is 0 Å². The van der Waals surface area contributed by atoms with Gasteiger partial charge in [-0.3, -0.25) is 9.59 Å². The molecule has 0 saturated heterocycles. The molecule has 1 amide bonds. The van der Waals surface area contributed by atoms with Crippen LogP contribution in [0.5, 0.6) is 0 Å². The van der Waals surface area contributed by atoms with Crippen LogP contribution in [0.3, 0.4) is 0 Å². The molecule has 1 aromatic rings. The normalized spacial score (nSPS) is 14.7.